The normalized spacial score (nSPS) is 13.8. The molecule has 17 heavy (non-hydrogen) atoms. The predicted molar refractivity (Wildman–Crippen MR) is 63.8 cm³/mol. The topological polar surface area (TPSA) is 59.2 Å². The number of carbonyl (C=O) groups excluding carboxylic acids is 1. The fraction of sp³-hybridized carbons (Fsp3) is 0.231. The van der Waals surface area contributed by atoms with E-state index in [-0.39, 0.29) is 23.4 Å². The summed E-state index contributed by atoms with van der Waals surface area (Å²) < 4.78 is 5.17. The van der Waals surface area contributed by atoms with Crippen LogP contribution in [0.1, 0.15) is 22.8 Å². The monoisotopic (exact) mass is 229 g/mol. The van der Waals surface area contributed by atoms with E-state index in [2.05, 4.69) is 4.98 Å². The highest BCUT2D eigenvalue weighted by atomic mass is 16.5. The third-order valence-electron chi connectivity index (χ3n) is 3.07. The van der Waals surface area contributed by atoms with E-state index in [0.717, 1.165) is 17.5 Å². The third kappa shape index (κ3) is 1.37. The number of H-pyrrole nitrogens is 1. The van der Waals surface area contributed by atoms with Crippen LogP contribution in [0.5, 0.6) is 5.88 Å². The molecule has 0 bridgehead atoms. The lowest BCUT2D eigenvalue weighted by Gasteiger charge is -2.03. The van der Waals surface area contributed by atoms with Gasteiger partial charge in [-0.2, -0.15) is 0 Å². The van der Waals surface area contributed by atoms with Gasteiger partial charge in [-0.15, -0.1) is 0 Å². The highest BCUT2D eigenvalue weighted by Gasteiger charge is 2.26. The smallest absolute Gasteiger partial charge is 0.209 e. The second-order valence-electron chi connectivity index (χ2n) is 4.10. The third-order valence-corrected chi connectivity index (χ3v) is 3.07. The zero-order valence-electron chi connectivity index (χ0n) is 9.37. The summed E-state index contributed by atoms with van der Waals surface area (Å²) in [6, 6.07) is 5.59. The molecule has 1 aliphatic heterocycles. The van der Waals surface area contributed by atoms with Crippen LogP contribution in [0.25, 0.3) is 10.9 Å². The maximum absolute atomic E-state index is 12.1. The molecule has 0 fully saturated rings. The van der Waals surface area contributed by atoms with Crippen LogP contribution >= 0.6 is 0 Å². The number of aromatic nitrogens is 1. The number of aryl methyl sites for hydroxylation is 1. The molecule has 0 spiro atoms. The molecule has 1 aromatic carbocycles. The van der Waals surface area contributed by atoms with Gasteiger partial charge in [0.05, 0.1) is 5.52 Å². The van der Waals surface area contributed by atoms with E-state index in [4.69, 9.17) is 4.74 Å². The lowest BCUT2D eigenvalue weighted by molar-refractivity contribution is 0.0959. The number of hydrogen-bond donors (Lipinski definition) is 1. The number of hydrogen-bond acceptors (Lipinski definition) is 3. The van der Waals surface area contributed by atoms with E-state index in [0.29, 0.717) is 11.3 Å². The number of pyridine rings is 1. The standard InChI is InChI=1S/C13H11NO3/c1-2-7-3-4-8-9(5-7)14-13-11(12(8)16)10(15)6-17-13/h3-5H,2,6H2,1H3,(H,14,16). The van der Waals surface area contributed by atoms with Gasteiger partial charge in [0.2, 0.25) is 17.1 Å². The fourth-order valence-corrected chi connectivity index (χ4v) is 2.11. The second-order valence-corrected chi connectivity index (χ2v) is 4.10. The lowest BCUT2D eigenvalue weighted by atomic mass is 10.1. The van der Waals surface area contributed by atoms with E-state index >= 15 is 0 Å². The van der Waals surface area contributed by atoms with E-state index in [1.165, 1.54) is 0 Å². The van der Waals surface area contributed by atoms with Gasteiger partial charge in [-0.1, -0.05) is 13.0 Å². The van der Waals surface area contributed by atoms with Gasteiger partial charge in [-0.25, -0.2) is 0 Å². The van der Waals surface area contributed by atoms with Crippen molar-refractivity contribution in [2.45, 2.75) is 13.3 Å². The van der Waals surface area contributed by atoms with Gasteiger partial charge in [-0.3, -0.25) is 9.59 Å². The number of rotatable bonds is 1. The van der Waals surface area contributed by atoms with Crippen LogP contribution in [0.2, 0.25) is 0 Å². The van der Waals surface area contributed by atoms with Crippen LogP contribution in [0.3, 0.4) is 0 Å². The molecular formula is C13H11NO3. The Balaban J connectivity index is 2.39. The first-order valence-corrected chi connectivity index (χ1v) is 5.55. The number of nitrogens with one attached hydrogen (secondary N) is 1. The van der Waals surface area contributed by atoms with Crippen molar-refractivity contribution in [2.75, 3.05) is 6.61 Å². The van der Waals surface area contributed by atoms with E-state index < -0.39 is 0 Å². The molecule has 1 aromatic heterocycles. The van der Waals surface area contributed by atoms with Crippen molar-refractivity contribution in [3.8, 4) is 5.88 Å². The molecule has 0 saturated carbocycles. The highest BCUT2D eigenvalue weighted by Crippen LogP contribution is 2.23. The minimum atomic E-state index is -0.247. The van der Waals surface area contributed by atoms with Crippen LogP contribution in [-0.4, -0.2) is 17.4 Å². The number of ketones is 1. The second kappa shape index (κ2) is 3.45. The molecule has 0 saturated heterocycles. The molecule has 4 heteroatoms. The number of carbonyl (C=O) groups is 1. The number of ether oxygens (including phenoxy) is 1. The summed E-state index contributed by atoms with van der Waals surface area (Å²) in [6.45, 7) is 2.00. The molecule has 86 valence electrons. The van der Waals surface area contributed by atoms with Crippen molar-refractivity contribution < 1.29 is 9.53 Å². The van der Waals surface area contributed by atoms with Gasteiger partial charge in [-0.05, 0) is 24.1 Å². The van der Waals surface area contributed by atoms with Crippen LogP contribution in [0.15, 0.2) is 23.0 Å². The Hall–Kier alpha value is -2.10. The summed E-state index contributed by atoms with van der Waals surface area (Å²) in [7, 11) is 0. The molecule has 0 unspecified atom stereocenters. The molecular weight excluding hydrogens is 218 g/mol. The molecule has 0 aliphatic carbocycles. The largest absolute Gasteiger partial charge is 0.470 e. The molecule has 4 nitrogen and oxygen atoms in total. The number of aromatic amines is 1. The number of Topliss-reactive ketones (excluding diaryl/α,β-unsaturated/α-hetero) is 1. The Kier molecular flexibility index (Phi) is 2.04. The van der Waals surface area contributed by atoms with Crippen LogP contribution in [0.4, 0.5) is 0 Å². The van der Waals surface area contributed by atoms with Crippen LogP contribution < -0.4 is 10.2 Å². The van der Waals surface area contributed by atoms with Gasteiger partial charge in [0.1, 0.15) is 5.56 Å². The summed E-state index contributed by atoms with van der Waals surface area (Å²) in [5.74, 6) is 0.0588. The average molecular weight is 229 g/mol. The van der Waals surface area contributed by atoms with E-state index in [9.17, 15) is 9.59 Å². The van der Waals surface area contributed by atoms with E-state index in [1.54, 1.807) is 6.07 Å². The predicted octanol–water partition coefficient (Wildman–Crippen LogP) is 1.67. The Labute approximate surface area is 97.2 Å². The molecule has 0 amide bonds. The SMILES string of the molecule is CCc1ccc2c(=O)c3c([nH]c2c1)OCC3=O. The molecule has 1 aliphatic rings. The minimum Gasteiger partial charge on any atom is -0.470 e. The van der Waals surface area contributed by atoms with Crippen molar-refractivity contribution in [1.82, 2.24) is 4.98 Å². The number of fused-ring (bicyclic) bond motifs is 2. The summed E-state index contributed by atoms with van der Waals surface area (Å²) in [6.07, 6.45) is 0.898. The minimum absolute atomic E-state index is 0.0436. The van der Waals surface area contributed by atoms with Crippen molar-refractivity contribution >= 4 is 16.7 Å². The molecule has 2 aromatic rings. The van der Waals surface area contributed by atoms with Crippen molar-refractivity contribution in [3.05, 3.63) is 39.5 Å². The summed E-state index contributed by atoms with van der Waals surface area (Å²) >= 11 is 0. The number of benzene rings is 1. The maximum Gasteiger partial charge on any atom is 0.209 e. The summed E-state index contributed by atoms with van der Waals surface area (Å²) in [4.78, 5) is 26.6. The molecule has 3 rings (SSSR count). The molecule has 1 N–H and O–H groups in total. The van der Waals surface area contributed by atoms with Crippen molar-refractivity contribution in [3.63, 3.8) is 0 Å². The maximum atomic E-state index is 12.1. The van der Waals surface area contributed by atoms with Gasteiger partial charge in [0.25, 0.3) is 0 Å². The Bertz CT molecular complexity index is 685. The Morgan fingerprint density at radius 1 is 1.35 bits per heavy atom. The van der Waals surface area contributed by atoms with Gasteiger partial charge in [0, 0.05) is 5.39 Å². The molecule has 0 radical (unpaired) electrons. The Morgan fingerprint density at radius 2 is 2.18 bits per heavy atom. The average Bonchev–Trinajstić information content (AvgIpc) is 2.70. The highest BCUT2D eigenvalue weighted by molar-refractivity contribution is 6.04. The first-order valence-electron chi connectivity index (χ1n) is 5.55. The first kappa shape index (κ1) is 10.1. The van der Waals surface area contributed by atoms with E-state index in [1.807, 2.05) is 19.1 Å². The van der Waals surface area contributed by atoms with Crippen LogP contribution in [-0.2, 0) is 6.42 Å². The van der Waals surface area contributed by atoms with Gasteiger partial charge < -0.3 is 9.72 Å². The van der Waals surface area contributed by atoms with Crippen molar-refractivity contribution in [1.29, 1.82) is 0 Å². The zero-order chi connectivity index (χ0) is 12.0. The van der Waals surface area contributed by atoms with Crippen molar-refractivity contribution in [2.24, 2.45) is 0 Å². The molecule has 2 heterocycles. The quantitative estimate of drug-likeness (QED) is 0.809. The zero-order valence-corrected chi connectivity index (χ0v) is 9.37. The fourth-order valence-electron chi connectivity index (χ4n) is 2.11. The first-order chi connectivity index (χ1) is 8.20. The summed E-state index contributed by atoms with van der Waals surface area (Å²) in [5, 5.41) is 0.541. The Morgan fingerprint density at radius 3 is 2.94 bits per heavy atom. The summed E-state index contributed by atoms with van der Waals surface area (Å²) in [5.41, 5.74) is 1.78. The molecule has 0 atom stereocenters. The van der Waals surface area contributed by atoms with Crippen LogP contribution in [0, 0.1) is 0 Å². The van der Waals surface area contributed by atoms with Gasteiger partial charge in [0.15, 0.2) is 6.61 Å². The lowest BCUT2D eigenvalue weighted by Crippen LogP contribution is -2.13. The van der Waals surface area contributed by atoms with Gasteiger partial charge >= 0.3 is 0 Å².